The van der Waals surface area contributed by atoms with Gasteiger partial charge in [0.25, 0.3) is 0 Å². The van der Waals surface area contributed by atoms with Gasteiger partial charge in [0.1, 0.15) is 0 Å². The zero-order valence-electron chi connectivity index (χ0n) is 11.4. The predicted octanol–water partition coefficient (Wildman–Crippen LogP) is 0.822. The Kier molecular flexibility index (Phi) is 4.50. The zero-order chi connectivity index (χ0) is 15.2. The third kappa shape index (κ3) is 3.56. The van der Waals surface area contributed by atoms with Gasteiger partial charge in [-0.2, -0.15) is 0 Å². The van der Waals surface area contributed by atoms with E-state index in [4.69, 9.17) is 5.11 Å². The first kappa shape index (κ1) is 14.5. The lowest BCUT2D eigenvalue weighted by molar-refractivity contribution is 0.0697. The Labute approximate surface area is 121 Å². The molecule has 21 heavy (non-hydrogen) atoms. The van der Waals surface area contributed by atoms with Gasteiger partial charge in [-0.3, -0.25) is 9.58 Å². The van der Waals surface area contributed by atoms with Crippen LogP contribution in [0.1, 0.15) is 10.4 Å². The van der Waals surface area contributed by atoms with Gasteiger partial charge in [-0.05, 0) is 12.1 Å². The highest BCUT2D eigenvalue weighted by Crippen LogP contribution is 2.18. The average Bonchev–Trinajstić information content (AvgIpc) is 2.99. The molecule has 1 heterocycles. The highest BCUT2D eigenvalue weighted by atomic mass is 16.4. The Hall–Kier alpha value is -2.90. The van der Waals surface area contributed by atoms with Crippen LogP contribution in [0.3, 0.4) is 0 Å². The zero-order valence-corrected chi connectivity index (χ0v) is 11.4. The van der Waals surface area contributed by atoms with Crippen LogP contribution in [-0.4, -0.2) is 45.7 Å². The fraction of sp³-hybridized carbons (Fsp3) is 0.231. The molecule has 0 aliphatic heterocycles. The van der Waals surface area contributed by atoms with E-state index in [0.29, 0.717) is 18.8 Å². The molecule has 0 spiro atoms. The van der Waals surface area contributed by atoms with Gasteiger partial charge in [0.2, 0.25) is 0 Å². The first-order chi connectivity index (χ1) is 10.1. The Bertz CT molecular complexity index is 626. The number of para-hydroxylation sites is 1. The number of nitrogens with zero attached hydrogens (tertiary/aromatic N) is 4. The number of carbonyl (C=O) groups excluding carboxylic acids is 1. The molecule has 2 N–H and O–H groups in total. The van der Waals surface area contributed by atoms with Crippen LogP contribution in [-0.2, 0) is 6.54 Å². The molecule has 0 bridgehead atoms. The third-order valence-corrected chi connectivity index (χ3v) is 2.89. The van der Waals surface area contributed by atoms with Crippen molar-refractivity contribution in [1.29, 1.82) is 0 Å². The molecule has 0 fully saturated rings. The van der Waals surface area contributed by atoms with Crippen molar-refractivity contribution in [3.05, 3.63) is 42.2 Å². The molecule has 8 nitrogen and oxygen atoms in total. The Morgan fingerprint density at radius 2 is 2.14 bits per heavy atom. The number of nitrogens with one attached hydrogen (secondary N) is 1. The minimum absolute atomic E-state index is 0.0754. The van der Waals surface area contributed by atoms with E-state index in [2.05, 4.69) is 15.6 Å². The van der Waals surface area contributed by atoms with Gasteiger partial charge >= 0.3 is 12.0 Å². The second-order valence-corrected chi connectivity index (χ2v) is 4.28. The van der Waals surface area contributed by atoms with Gasteiger partial charge in [0.15, 0.2) is 0 Å². The highest BCUT2D eigenvalue weighted by Gasteiger charge is 2.17. The average molecular weight is 289 g/mol. The maximum absolute atomic E-state index is 12.0. The summed E-state index contributed by atoms with van der Waals surface area (Å²) in [5, 5.41) is 19.2. The van der Waals surface area contributed by atoms with Crippen molar-refractivity contribution in [3.8, 4) is 0 Å². The third-order valence-electron chi connectivity index (χ3n) is 2.89. The number of anilines is 1. The first-order valence-electron chi connectivity index (χ1n) is 6.27. The summed E-state index contributed by atoms with van der Waals surface area (Å²) in [6.45, 7) is 0.849. The van der Waals surface area contributed by atoms with E-state index in [1.54, 1.807) is 35.3 Å². The van der Waals surface area contributed by atoms with Crippen molar-refractivity contribution < 1.29 is 14.7 Å². The second kappa shape index (κ2) is 6.51. The molecule has 0 radical (unpaired) electrons. The number of aromatic nitrogens is 3. The van der Waals surface area contributed by atoms with Gasteiger partial charge in [-0.15, -0.1) is 5.10 Å². The number of hydrogen-bond donors (Lipinski definition) is 2. The topological polar surface area (TPSA) is 100 Å². The lowest BCUT2D eigenvalue weighted by Crippen LogP contribution is -2.39. The van der Waals surface area contributed by atoms with Crippen LogP contribution in [0, 0.1) is 0 Å². The highest BCUT2D eigenvalue weighted by molar-refractivity contribution is 6.01. The van der Waals surface area contributed by atoms with Crippen molar-refractivity contribution in [2.24, 2.45) is 0 Å². The van der Waals surface area contributed by atoms with Crippen LogP contribution in [0.4, 0.5) is 10.5 Å². The minimum Gasteiger partial charge on any atom is -0.478 e. The molecule has 1 aromatic carbocycles. The molecular weight excluding hydrogens is 274 g/mol. The van der Waals surface area contributed by atoms with Crippen LogP contribution in [0.15, 0.2) is 36.7 Å². The van der Waals surface area contributed by atoms with Crippen molar-refractivity contribution in [2.75, 3.05) is 18.5 Å². The molecule has 0 aliphatic rings. The quantitative estimate of drug-likeness (QED) is 0.848. The Balaban J connectivity index is 1.97. The molecule has 0 atom stereocenters. The number of carbonyl (C=O) groups is 2. The van der Waals surface area contributed by atoms with Gasteiger partial charge in [0.05, 0.1) is 24.0 Å². The number of benzene rings is 1. The smallest absolute Gasteiger partial charge is 0.337 e. The van der Waals surface area contributed by atoms with Crippen LogP contribution >= 0.6 is 0 Å². The van der Waals surface area contributed by atoms with Crippen LogP contribution in [0.5, 0.6) is 0 Å². The number of hydrogen-bond acceptors (Lipinski definition) is 4. The van der Waals surface area contributed by atoms with Gasteiger partial charge in [-0.25, -0.2) is 9.59 Å². The second-order valence-electron chi connectivity index (χ2n) is 4.28. The molecule has 2 rings (SSSR count). The summed E-state index contributed by atoms with van der Waals surface area (Å²) in [6.07, 6.45) is 3.24. The summed E-state index contributed by atoms with van der Waals surface area (Å²) in [5.74, 6) is -1.08. The number of aromatic carboxylic acids is 1. The first-order valence-corrected chi connectivity index (χ1v) is 6.27. The maximum atomic E-state index is 12.0. The number of urea groups is 1. The van der Waals surface area contributed by atoms with E-state index in [9.17, 15) is 9.59 Å². The minimum atomic E-state index is -1.08. The van der Waals surface area contributed by atoms with Crippen LogP contribution < -0.4 is 10.2 Å². The van der Waals surface area contributed by atoms with E-state index in [1.807, 2.05) is 0 Å². The van der Waals surface area contributed by atoms with Crippen molar-refractivity contribution in [1.82, 2.24) is 20.3 Å². The largest absolute Gasteiger partial charge is 0.478 e. The lowest BCUT2D eigenvalue weighted by Gasteiger charge is -2.19. The normalized spacial score (nSPS) is 10.1. The Morgan fingerprint density at radius 1 is 1.38 bits per heavy atom. The van der Waals surface area contributed by atoms with E-state index < -0.39 is 5.97 Å². The molecule has 0 saturated carbocycles. The molecule has 2 amide bonds. The van der Waals surface area contributed by atoms with Crippen LogP contribution in [0.25, 0.3) is 0 Å². The van der Waals surface area contributed by atoms with E-state index in [-0.39, 0.29) is 11.6 Å². The molecule has 0 saturated heterocycles. The molecule has 110 valence electrons. The fourth-order valence-electron chi connectivity index (χ4n) is 1.80. The van der Waals surface area contributed by atoms with E-state index in [1.165, 1.54) is 18.0 Å². The maximum Gasteiger partial charge on any atom is 0.337 e. The van der Waals surface area contributed by atoms with Crippen molar-refractivity contribution in [2.45, 2.75) is 6.54 Å². The number of carboxylic acids is 1. The monoisotopic (exact) mass is 289 g/mol. The number of rotatable bonds is 5. The summed E-state index contributed by atoms with van der Waals surface area (Å²) in [7, 11) is 1.52. The molecule has 2 aromatic rings. The van der Waals surface area contributed by atoms with Gasteiger partial charge in [-0.1, -0.05) is 17.3 Å². The van der Waals surface area contributed by atoms with Crippen molar-refractivity contribution in [3.63, 3.8) is 0 Å². The summed E-state index contributed by atoms with van der Waals surface area (Å²) >= 11 is 0. The molecule has 0 aliphatic carbocycles. The lowest BCUT2D eigenvalue weighted by atomic mass is 10.1. The van der Waals surface area contributed by atoms with Gasteiger partial charge in [0, 0.05) is 19.8 Å². The fourth-order valence-corrected chi connectivity index (χ4v) is 1.80. The molecule has 0 unspecified atom stereocenters. The summed E-state index contributed by atoms with van der Waals surface area (Å²) in [4.78, 5) is 24.4. The van der Waals surface area contributed by atoms with E-state index in [0.717, 1.165) is 0 Å². The summed E-state index contributed by atoms with van der Waals surface area (Å²) in [6, 6.07) is 5.95. The van der Waals surface area contributed by atoms with Crippen LogP contribution in [0.2, 0.25) is 0 Å². The SMILES string of the molecule is CN(C(=O)NCCn1ccnn1)c1ccccc1C(=O)O. The van der Waals surface area contributed by atoms with Gasteiger partial charge < -0.3 is 10.4 Å². The molecular formula is C13H15N5O3. The van der Waals surface area contributed by atoms with E-state index >= 15 is 0 Å². The van der Waals surface area contributed by atoms with Crippen molar-refractivity contribution >= 4 is 17.7 Å². The molecule has 1 aromatic heterocycles. The predicted molar refractivity (Wildman–Crippen MR) is 75.2 cm³/mol. The number of carboxylic acid groups (broad SMARTS) is 1. The number of amides is 2. The Morgan fingerprint density at radius 3 is 2.81 bits per heavy atom. The molecule has 8 heteroatoms. The summed E-state index contributed by atoms with van der Waals surface area (Å²) in [5.41, 5.74) is 0.412. The standard InChI is InChI=1S/C13H15N5O3/c1-17(11-5-3-2-4-10(11)12(19)20)13(21)14-6-8-18-9-7-15-16-18/h2-5,7,9H,6,8H2,1H3,(H,14,21)(H,19,20). The summed E-state index contributed by atoms with van der Waals surface area (Å²) < 4.78 is 1.59.